The molecule has 4 N–H and O–H groups in total. The molecule has 0 radical (unpaired) electrons. The number of aliphatic imine (C=N–C) groups is 1. The molecule has 0 aromatic heterocycles. The second-order valence-corrected chi connectivity index (χ2v) is 5.73. The maximum atomic E-state index is 9.17. The summed E-state index contributed by atoms with van der Waals surface area (Å²) in [5, 5.41) is 17.1. The lowest BCUT2D eigenvalue weighted by Crippen LogP contribution is -2.26. The largest absolute Gasteiger partial charge is 0.492 e. The van der Waals surface area contributed by atoms with E-state index in [-0.39, 0.29) is 12.3 Å². The first-order valence-electron chi connectivity index (χ1n) is 8.46. The monoisotopic (exact) mass is 342 g/mol. The molecule has 0 heterocycles. The normalized spacial score (nSPS) is 15.8. The molecule has 134 valence electrons. The fourth-order valence-electron chi connectivity index (χ4n) is 2.64. The number of nitrogens with one attached hydrogen (secondary N) is 1. The molecule has 1 aromatic carbocycles. The SMILES string of the molecule is CCOC1=C/C(=N/c2ccc(N(CC)CCO)cc2C)C(N)=CC1=N. The molecule has 6 nitrogen and oxygen atoms in total. The van der Waals surface area contributed by atoms with Crippen molar-refractivity contribution in [3.05, 3.63) is 47.4 Å². The van der Waals surface area contributed by atoms with Crippen LogP contribution in [-0.2, 0) is 4.74 Å². The average molecular weight is 342 g/mol. The number of aliphatic hydroxyl groups is 1. The molecule has 0 saturated heterocycles. The van der Waals surface area contributed by atoms with E-state index in [1.807, 2.05) is 26.0 Å². The summed E-state index contributed by atoms with van der Waals surface area (Å²) in [6.45, 7) is 7.96. The third-order valence-corrected chi connectivity index (χ3v) is 3.97. The number of nitrogens with two attached hydrogens (primary N) is 1. The van der Waals surface area contributed by atoms with Crippen molar-refractivity contribution in [2.24, 2.45) is 10.7 Å². The van der Waals surface area contributed by atoms with Gasteiger partial charge in [-0.2, -0.15) is 0 Å². The molecule has 0 saturated carbocycles. The van der Waals surface area contributed by atoms with Gasteiger partial charge in [-0.05, 0) is 50.6 Å². The summed E-state index contributed by atoms with van der Waals surface area (Å²) >= 11 is 0. The van der Waals surface area contributed by atoms with Crippen molar-refractivity contribution in [3.8, 4) is 0 Å². The smallest absolute Gasteiger partial charge is 0.146 e. The molecule has 0 fully saturated rings. The van der Waals surface area contributed by atoms with Gasteiger partial charge in [-0.1, -0.05) is 0 Å². The van der Waals surface area contributed by atoms with Gasteiger partial charge < -0.3 is 20.5 Å². The predicted molar refractivity (Wildman–Crippen MR) is 103 cm³/mol. The molecule has 0 atom stereocenters. The minimum Gasteiger partial charge on any atom is -0.492 e. The number of aliphatic hydroxyl groups excluding tert-OH is 1. The Morgan fingerprint density at radius 2 is 2.04 bits per heavy atom. The number of aryl methyl sites for hydroxylation is 1. The van der Waals surface area contributed by atoms with Crippen LogP contribution < -0.4 is 10.6 Å². The van der Waals surface area contributed by atoms with Gasteiger partial charge >= 0.3 is 0 Å². The summed E-state index contributed by atoms with van der Waals surface area (Å²) in [5.41, 5.74) is 10.2. The zero-order chi connectivity index (χ0) is 18.4. The van der Waals surface area contributed by atoms with Crippen molar-refractivity contribution in [3.63, 3.8) is 0 Å². The molecular formula is C19H26N4O2. The summed E-state index contributed by atoms with van der Waals surface area (Å²) in [6.07, 6.45) is 3.27. The van der Waals surface area contributed by atoms with Crippen molar-refractivity contribution in [1.29, 1.82) is 5.41 Å². The predicted octanol–water partition coefficient (Wildman–Crippen LogP) is 2.68. The maximum Gasteiger partial charge on any atom is 0.146 e. The van der Waals surface area contributed by atoms with E-state index in [9.17, 15) is 0 Å². The van der Waals surface area contributed by atoms with E-state index in [1.54, 1.807) is 12.2 Å². The maximum absolute atomic E-state index is 9.17. The molecule has 1 aliphatic carbocycles. The number of hydrogen-bond acceptors (Lipinski definition) is 6. The van der Waals surface area contributed by atoms with Crippen LogP contribution >= 0.6 is 0 Å². The van der Waals surface area contributed by atoms with Gasteiger partial charge in [-0.3, -0.25) is 5.41 Å². The number of ether oxygens (including phenoxy) is 1. The third-order valence-electron chi connectivity index (χ3n) is 3.97. The van der Waals surface area contributed by atoms with E-state index in [2.05, 4.69) is 22.9 Å². The van der Waals surface area contributed by atoms with Crippen LogP contribution in [0.5, 0.6) is 0 Å². The molecule has 1 aromatic rings. The molecule has 2 rings (SSSR count). The van der Waals surface area contributed by atoms with E-state index >= 15 is 0 Å². The molecule has 6 heteroatoms. The van der Waals surface area contributed by atoms with Gasteiger partial charge in [-0.15, -0.1) is 0 Å². The Bertz CT molecular complexity index is 735. The van der Waals surface area contributed by atoms with E-state index in [0.29, 0.717) is 30.3 Å². The summed E-state index contributed by atoms with van der Waals surface area (Å²) < 4.78 is 5.46. The van der Waals surface area contributed by atoms with E-state index in [1.165, 1.54) is 0 Å². The van der Waals surface area contributed by atoms with E-state index < -0.39 is 0 Å². The van der Waals surface area contributed by atoms with Crippen LogP contribution in [0.2, 0.25) is 0 Å². The van der Waals surface area contributed by atoms with Gasteiger partial charge in [0.2, 0.25) is 0 Å². The number of benzene rings is 1. The lowest BCUT2D eigenvalue weighted by atomic mass is 10.1. The van der Waals surface area contributed by atoms with Gasteiger partial charge in [0.05, 0.1) is 36.0 Å². The zero-order valence-corrected chi connectivity index (χ0v) is 15.0. The highest BCUT2D eigenvalue weighted by Crippen LogP contribution is 2.26. The molecule has 0 aliphatic heterocycles. The fraction of sp³-hybridized carbons (Fsp3) is 0.368. The molecule has 25 heavy (non-hydrogen) atoms. The van der Waals surface area contributed by atoms with E-state index in [0.717, 1.165) is 23.5 Å². The number of likely N-dealkylation sites (N-methyl/N-ethyl adjacent to an activating group) is 1. The standard InChI is InChI=1S/C19H26N4O2/c1-4-23(8-9-24)14-6-7-17(13(3)10-14)22-18-12-19(25-5-2)16(21)11-15(18)20/h6-7,10-12,21,24H,4-5,8-9,20H2,1-3H3/b21-16?,22-18-. The Labute approximate surface area is 148 Å². The second kappa shape index (κ2) is 8.48. The van der Waals surface area contributed by atoms with Gasteiger partial charge in [0.15, 0.2) is 0 Å². The quantitative estimate of drug-likeness (QED) is 0.664. The number of nitrogens with zero attached hydrogens (tertiary/aromatic N) is 2. The molecule has 0 bridgehead atoms. The summed E-state index contributed by atoms with van der Waals surface area (Å²) in [4.78, 5) is 6.74. The van der Waals surface area contributed by atoms with Gasteiger partial charge in [-0.25, -0.2) is 4.99 Å². The molecule has 0 amide bonds. The zero-order valence-electron chi connectivity index (χ0n) is 15.0. The van der Waals surface area contributed by atoms with Crippen LogP contribution in [0.15, 0.2) is 46.8 Å². The Kier molecular flexibility index (Phi) is 6.36. The third kappa shape index (κ3) is 4.48. The molecular weight excluding hydrogens is 316 g/mol. The lowest BCUT2D eigenvalue weighted by Gasteiger charge is -2.22. The summed E-state index contributed by atoms with van der Waals surface area (Å²) in [6, 6.07) is 5.99. The Balaban J connectivity index is 2.34. The van der Waals surface area contributed by atoms with Crippen molar-refractivity contribution >= 4 is 22.8 Å². The highest BCUT2D eigenvalue weighted by molar-refractivity contribution is 6.22. The minimum absolute atomic E-state index is 0.120. The first-order chi connectivity index (χ1) is 12.0. The Hall–Kier alpha value is -2.60. The first-order valence-corrected chi connectivity index (χ1v) is 8.46. The van der Waals surface area contributed by atoms with Gasteiger partial charge in [0.25, 0.3) is 0 Å². The van der Waals surface area contributed by atoms with Crippen LogP contribution in [0.25, 0.3) is 0 Å². The molecule has 1 aliphatic rings. The van der Waals surface area contributed by atoms with E-state index in [4.69, 9.17) is 21.0 Å². The minimum atomic E-state index is 0.120. The van der Waals surface area contributed by atoms with Crippen molar-refractivity contribution < 1.29 is 9.84 Å². The lowest BCUT2D eigenvalue weighted by molar-refractivity contribution is 0.250. The number of rotatable bonds is 7. The van der Waals surface area contributed by atoms with Crippen LogP contribution in [0.4, 0.5) is 11.4 Å². The van der Waals surface area contributed by atoms with Crippen molar-refractivity contribution in [2.75, 3.05) is 31.2 Å². The van der Waals surface area contributed by atoms with Crippen LogP contribution in [-0.4, -0.2) is 42.8 Å². The highest BCUT2D eigenvalue weighted by atomic mass is 16.5. The van der Waals surface area contributed by atoms with Gasteiger partial charge in [0, 0.05) is 24.9 Å². The fourth-order valence-corrected chi connectivity index (χ4v) is 2.64. The summed E-state index contributed by atoms with van der Waals surface area (Å²) in [7, 11) is 0. The highest BCUT2D eigenvalue weighted by Gasteiger charge is 2.16. The molecule has 0 spiro atoms. The topological polar surface area (TPSA) is 94.9 Å². The molecule has 0 unspecified atom stereocenters. The second-order valence-electron chi connectivity index (χ2n) is 5.73. The first kappa shape index (κ1) is 18.7. The van der Waals surface area contributed by atoms with Crippen molar-refractivity contribution in [1.82, 2.24) is 0 Å². The number of allylic oxidation sites excluding steroid dienone is 2. The van der Waals surface area contributed by atoms with Crippen LogP contribution in [0.1, 0.15) is 19.4 Å². The average Bonchev–Trinajstić information content (AvgIpc) is 2.58. The van der Waals surface area contributed by atoms with Crippen LogP contribution in [0.3, 0.4) is 0 Å². The number of hydrogen-bond donors (Lipinski definition) is 3. The Morgan fingerprint density at radius 3 is 2.64 bits per heavy atom. The number of anilines is 1. The van der Waals surface area contributed by atoms with Gasteiger partial charge in [0.1, 0.15) is 5.76 Å². The van der Waals surface area contributed by atoms with Crippen molar-refractivity contribution in [2.45, 2.75) is 20.8 Å². The Morgan fingerprint density at radius 1 is 1.28 bits per heavy atom. The van der Waals surface area contributed by atoms with Crippen LogP contribution in [0, 0.1) is 12.3 Å². The summed E-state index contributed by atoms with van der Waals surface area (Å²) in [5.74, 6) is 0.477.